The van der Waals surface area contributed by atoms with Crippen molar-refractivity contribution < 1.29 is 5.11 Å². The predicted molar refractivity (Wildman–Crippen MR) is 38.1 cm³/mol. The fourth-order valence-corrected chi connectivity index (χ4v) is 0.929. The second-order valence-corrected chi connectivity index (χ2v) is 2.21. The average molecular weight is 166 g/mol. The van der Waals surface area contributed by atoms with Crippen LogP contribution in [-0.2, 0) is 6.42 Å². The van der Waals surface area contributed by atoms with E-state index in [1.165, 1.54) is 0 Å². The highest BCUT2D eigenvalue weighted by Gasteiger charge is 2.06. The largest absolute Gasteiger partial charge is 0.396 e. The summed E-state index contributed by atoms with van der Waals surface area (Å²) >= 11 is 0. The van der Waals surface area contributed by atoms with E-state index in [1.807, 2.05) is 0 Å². The molecule has 2 heterocycles. The van der Waals surface area contributed by atoms with Crippen molar-refractivity contribution in [3.8, 4) is 0 Å². The number of nitrogens with zero attached hydrogens (tertiary/aromatic N) is 5. The van der Waals surface area contributed by atoms with Crippen molar-refractivity contribution in [1.29, 1.82) is 0 Å². The minimum Gasteiger partial charge on any atom is -0.396 e. The Bertz CT molecular complexity index is 384. The number of hydrogen-bond donors (Lipinski definition) is 2. The molecule has 0 radical (unpaired) electrons. The van der Waals surface area contributed by atoms with Gasteiger partial charge in [0, 0.05) is 13.0 Å². The van der Waals surface area contributed by atoms with Gasteiger partial charge in [-0.2, -0.15) is 10.3 Å². The van der Waals surface area contributed by atoms with Crippen molar-refractivity contribution in [2.45, 2.75) is 6.42 Å². The Morgan fingerprint density at radius 2 is 2.17 bits per heavy atom. The van der Waals surface area contributed by atoms with Crippen LogP contribution in [0.1, 0.15) is 5.69 Å². The van der Waals surface area contributed by atoms with E-state index < -0.39 is 0 Å². The fourth-order valence-electron chi connectivity index (χ4n) is 0.929. The molecular formula is C5H6N6O. The van der Waals surface area contributed by atoms with E-state index in [-0.39, 0.29) is 6.61 Å². The lowest BCUT2D eigenvalue weighted by Gasteiger charge is -1.92. The minimum atomic E-state index is 0.0145. The van der Waals surface area contributed by atoms with Gasteiger partial charge in [0.25, 0.3) is 0 Å². The Kier molecular flexibility index (Phi) is 1.63. The van der Waals surface area contributed by atoms with E-state index in [1.54, 1.807) is 0 Å². The van der Waals surface area contributed by atoms with Crippen LogP contribution in [0.25, 0.3) is 11.2 Å². The standard InChI is InChI=1S/C5H6N6O/c12-2-1-3-4-5(8-10-6-3)9-11-7-4/h12H,1-2H2,(H,6,7,8,9,11). The molecule has 0 bridgehead atoms. The van der Waals surface area contributed by atoms with Crippen LogP contribution in [0.5, 0.6) is 0 Å². The lowest BCUT2D eigenvalue weighted by Crippen LogP contribution is -1.99. The second kappa shape index (κ2) is 2.78. The van der Waals surface area contributed by atoms with Crippen LogP contribution in [0.2, 0.25) is 0 Å². The molecule has 0 amide bonds. The van der Waals surface area contributed by atoms with Gasteiger partial charge in [0.05, 0.1) is 5.69 Å². The summed E-state index contributed by atoms with van der Waals surface area (Å²) in [5.74, 6) is 0. The summed E-state index contributed by atoms with van der Waals surface area (Å²) in [7, 11) is 0. The van der Waals surface area contributed by atoms with Gasteiger partial charge >= 0.3 is 0 Å². The molecule has 0 aliphatic carbocycles. The van der Waals surface area contributed by atoms with E-state index >= 15 is 0 Å². The summed E-state index contributed by atoms with van der Waals surface area (Å²) in [5, 5.41) is 29.5. The topological polar surface area (TPSA) is 100 Å². The summed E-state index contributed by atoms with van der Waals surface area (Å²) in [6.45, 7) is 0.0145. The zero-order chi connectivity index (χ0) is 8.39. The van der Waals surface area contributed by atoms with Crippen LogP contribution in [0.15, 0.2) is 0 Å². The molecule has 0 aliphatic heterocycles. The van der Waals surface area contributed by atoms with Crippen molar-refractivity contribution in [3.05, 3.63) is 5.69 Å². The van der Waals surface area contributed by atoms with Crippen molar-refractivity contribution in [2.24, 2.45) is 0 Å². The quantitative estimate of drug-likeness (QED) is 0.573. The molecule has 2 N–H and O–H groups in total. The molecule has 7 heteroatoms. The fraction of sp³-hybridized carbons (Fsp3) is 0.400. The van der Waals surface area contributed by atoms with Gasteiger partial charge in [-0.15, -0.1) is 15.3 Å². The van der Waals surface area contributed by atoms with Gasteiger partial charge < -0.3 is 5.11 Å². The van der Waals surface area contributed by atoms with Gasteiger partial charge in [0.2, 0.25) is 5.65 Å². The third-order valence-corrected chi connectivity index (χ3v) is 1.46. The van der Waals surface area contributed by atoms with Crippen LogP contribution < -0.4 is 0 Å². The molecule has 0 aliphatic rings. The number of aromatic amines is 1. The van der Waals surface area contributed by atoms with Gasteiger partial charge in [0.15, 0.2) is 5.52 Å². The molecule has 0 unspecified atom stereocenters. The number of rotatable bonds is 2. The van der Waals surface area contributed by atoms with Crippen molar-refractivity contribution in [2.75, 3.05) is 6.61 Å². The first-order valence-corrected chi connectivity index (χ1v) is 3.41. The smallest absolute Gasteiger partial charge is 0.226 e. The van der Waals surface area contributed by atoms with Crippen molar-refractivity contribution in [1.82, 2.24) is 30.8 Å². The zero-order valence-corrected chi connectivity index (χ0v) is 6.10. The van der Waals surface area contributed by atoms with E-state index in [0.29, 0.717) is 23.3 Å². The average Bonchev–Trinajstić information content (AvgIpc) is 2.53. The third-order valence-electron chi connectivity index (χ3n) is 1.46. The van der Waals surface area contributed by atoms with E-state index in [9.17, 15) is 0 Å². The molecule has 0 fully saturated rings. The Morgan fingerprint density at radius 1 is 1.25 bits per heavy atom. The molecule has 2 rings (SSSR count). The highest BCUT2D eigenvalue weighted by Crippen LogP contribution is 2.06. The van der Waals surface area contributed by atoms with Gasteiger partial charge in [-0.05, 0) is 5.21 Å². The highest BCUT2D eigenvalue weighted by molar-refractivity contribution is 5.70. The molecule has 2 aromatic heterocycles. The molecule has 0 spiro atoms. The summed E-state index contributed by atoms with van der Waals surface area (Å²) < 4.78 is 0. The SMILES string of the molecule is OCCc1nnnc2n[nH]nc12. The molecule has 62 valence electrons. The molecule has 2 aromatic rings. The van der Waals surface area contributed by atoms with E-state index in [2.05, 4.69) is 30.8 Å². The van der Waals surface area contributed by atoms with Gasteiger partial charge in [-0.1, -0.05) is 0 Å². The van der Waals surface area contributed by atoms with Gasteiger partial charge in [0.1, 0.15) is 0 Å². The lowest BCUT2D eigenvalue weighted by atomic mass is 10.3. The second-order valence-electron chi connectivity index (χ2n) is 2.21. The highest BCUT2D eigenvalue weighted by atomic mass is 16.3. The number of H-pyrrole nitrogens is 1. The summed E-state index contributed by atoms with van der Waals surface area (Å²) in [6.07, 6.45) is 0.415. The van der Waals surface area contributed by atoms with Crippen LogP contribution in [0.4, 0.5) is 0 Å². The van der Waals surface area contributed by atoms with Gasteiger partial charge in [-0.25, -0.2) is 0 Å². The minimum absolute atomic E-state index is 0.0145. The maximum absolute atomic E-state index is 8.67. The molecule has 0 aromatic carbocycles. The summed E-state index contributed by atoms with van der Waals surface area (Å²) in [6, 6.07) is 0. The van der Waals surface area contributed by atoms with Crippen molar-refractivity contribution in [3.63, 3.8) is 0 Å². The number of fused-ring (bicyclic) bond motifs is 1. The Hall–Kier alpha value is -1.63. The Balaban J connectivity index is 2.57. The number of aliphatic hydroxyl groups is 1. The van der Waals surface area contributed by atoms with Crippen LogP contribution in [-0.4, -0.2) is 42.5 Å². The first-order valence-electron chi connectivity index (χ1n) is 3.41. The third kappa shape index (κ3) is 0.996. The number of nitrogens with one attached hydrogen (secondary N) is 1. The normalized spacial score (nSPS) is 10.8. The molecule has 7 nitrogen and oxygen atoms in total. The van der Waals surface area contributed by atoms with Crippen LogP contribution in [0.3, 0.4) is 0 Å². The van der Waals surface area contributed by atoms with E-state index in [0.717, 1.165) is 0 Å². The van der Waals surface area contributed by atoms with Crippen LogP contribution >= 0.6 is 0 Å². The number of aromatic nitrogens is 6. The zero-order valence-electron chi connectivity index (χ0n) is 6.10. The predicted octanol–water partition coefficient (Wildman–Crippen LogP) is -1.32. The maximum atomic E-state index is 8.67. The Labute approximate surface area is 66.8 Å². The number of hydrogen-bond acceptors (Lipinski definition) is 6. The molecule has 0 atom stereocenters. The summed E-state index contributed by atoms with van der Waals surface area (Å²) in [5.41, 5.74) is 1.60. The molecule has 12 heavy (non-hydrogen) atoms. The first-order chi connectivity index (χ1) is 5.92. The molecule has 0 saturated carbocycles. The number of aliphatic hydroxyl groups excluding tert-OH is 1. The summed E-state index contributed by atoms with van der Waals surface area (Å²) in [4.78, 5) is 0. The van der Waals surface area contributed by atoms with E-state index in [4.69, 9.17) is 5.11 Å². The van der Waals surface area contributed by atoms with Gasteiger partial charge in [-0.3, -0.25) is 0 Å². The Morgan fingerprint density at radius 3 is 3.00 bits per heavy atom. The lowest BCUT2D eigenvalue weighted by molar-refractivity contribution is 0.298. The molecular weight excluding hydrogens is 160 g/mol. The maximum Gasteiger partial charge on any atom is 0.226 e. The molecule has 0 saturated heterocycles. The monoisotopic (exact) mass is 166 g/mol. The van der Waals surface area contributed by atoms with Crippen molar-refractivity contribution >= 4 is 11.2 Å². The van der Waals surface area contributed by atoms with Crippen LogP contribution in [0, 0.1) is 0 Å². The first kappa shape index (κ1) is 7.04.